The highest BCUT2D eigenvalue weighted by molar-refractivity contribution is 7.99. The number of benzene rings is 3. The van der Waals surface area contributed by atoms with Gasteiger partial charge in [0.25, 0.3) is 5.56 Å². The van der Waals surface area contributed by atoms with E-state index in [-0.39, 0.29) is 23.8 Å². The summed E-state index contributed by atoms with van der Waals surface area (Å²) < 4.78 is 6.70. The highest BCUT2D eigenvalue weighted by Gasteiger charge is 2.23. The number of hydrogen-bond acceptors (Lipinski definition) is 7. The Bertz CT molecular complexity index is 1730. The van der Waals surface area contributed by atoms with Gasteiger partial charge in [-0.1, -0.05) is 78.0 Å². The van der Waals surface area contributed by atoms with E-state index in [0.29, 0.717) is 42.9 Å². The number of nitrogens with one attached hydrogen (secondary N) is 1. The van der Waals surface area contributed by atoms with Gasteiger partial charge in [-0.05, 0) is 36.8 Å². The Labute approximate surface area is 237 Å². The third-order valence-corrected chi connectivity index (χ3v) is 7.93. The zero-order valence-corrected chi connectivity index (χ0v) is 23.1. The van der Waals surface area contributed by atoms with Gasteiger partial charge in [0.1, 0.15) is 10.6 Å². The van der Waals surface area contributed by atoms with E-state index in [1.807, 2.05) is 35.7 Å². The number of anilines is 1. The average molecular weight is 576 g/mol. The summed E-state index contributed by atoms with van der Waals surface area (Å²) in [4.78, 5) is 44.1. The lowest BCUT2D eigenvalue weighted by Crippen LogP contribution is -2.23. The number of ether oxygens (including phenoxy) is 1. The first-order valence-corrected chi connectivity index (χ1v) is 14.3. The first-order chi connectivity index (χ1) is 19.0. The minimum absolute atomic E-state index is 0.0595. The van der Waals surface area contributed by atoms with Crippen molar-refractivity contribution in [1.82, 2.24) is 9.55 Å². The number of fused-ring (bicyclic) bond motifs is 1. The first kappa shape index (κ1) is 26.7. The molecule has 0 radical (unpaired) electrons. The van der Waals surface area contributed by atoms with Gasteiger partial charge in [-0.25, -0.2) is 9.78 Å². The van der Waals surface area contributed by atoms with Gasteiger partial charge >= 0.3 is 5.97 Å². The van der Waals surface area contributed by atoms with Crippen LogP contribution in [0.1, 0.15) is 17.3 Å². The van der Waals surface area contributed by atoms with Crippen molar-refractivity contribution in [1.29, 1.82) is 0 Å². The Hall–Kier alpha value is -3.92. The molecule has 1 amide bonds. The summed E-state index contributed by atoms with van der Waals surface area (Å²) in [5.74, 6) is -0.930. The van der Waals surface area contributed by atoms with Crippen molar-refractivity contribution >= 4 is 62.5 Å². The number of rotatable bonds is 8. The topological polar surface area (TPSA) is 90.3 Å². The summed E-state index contributed by atoms with van der Waals surface area (Å²) >= 11 is 8.79. The standard InChI is InChI=1S/C29H22ClN3O4S2/c1-2-37-28(36)25-20(18-10-4-3-5-11-18)16-38-26(25)32-24(34)17-39-29-31-22-14-8-6-12-19(22)27(35)33(29)23-15-9-7-13-21(23)30/h3-16H,2,17H2,1H3,(H,32,34). The van der Waals surface area contributed by atoms with Gasteiger partial charge in [-0.3, -0.25) is 14.2 Å². The van der Waals surface area contributed by atoms with Crippen molar-refractivity contribution in [2.75, 3.05) is 17.7 Å². The highest BCUT2D eigenvalue weighted by Crippen LogP contribution is 2.36. The minimum atomic E-state index is -0.510. The molecule has 5 rings (SSSR count). The average Bonchev–Trinajstić information content (AvgIpc) is 3.37. The summed E-state index contributed by atoms with van der Waals surface area (Å²) in [6.45, 7) is 1.94. The van der Waals surface area contributed by atoms with Gasteiger partial charge < -0.3 is 10.1 Å². The Morgan fingerprint density at radius 3 is 2.51 bits per heavy atom. The van der Waals surface area contributed by atoms with Crippen LogP contribution in [-0.4, -0.2) is 33.8 Å². The molecule has 0 saturated carbocycles. The molecule has 0 atom stereocenters. The molecule has 7 nitrogen and oxygen atoms in total. The fourth-order valence-electron chi connectivity index (χ4n) is 4.03. The second-order valence-corrected chi connectivity index (χ2v) is 10.5. The van der Waals surface area contributed by atoms with Gasteiger partial charge in [0.05, 0.1) is 34.0 Å². The molecule has 0 spiro atoms. The number of carbonyl (C=O) groups is 2. The fraction of sp³-hybridized carbons (Fsp3) is 0.103. The maximum atomic E-state index is 13.5. The Balaban J connectivity index is 1.45. The van der Waals surface area contributed by atoms with Crippen LogP contribution < -0.4 is 10.9 Å². The van der Waals surface area contributed by atoms with Crippen LogP contribution in [0.4, 0.5) is 5.00 Å². The molecule has 0 aliphatic heterocycles. The summed E-state index contributed by atoms with van der Waals surface area (Å²) in [5, 5.41) is 6.22. The van der Waals surface area contributed by atoms with Crippen molar-refractivity contribution in [2.24, 2.45) is 0 Å². The smallest absolute Gasteiger partial charge is 0.341 e. The van der Waals surface area contributed by atoms with E-state index >= 15 is 0 Å². The monoisotopic (exact) mass is 575 g/mol. The maximum absolute atomic E-state index is 13.5. The molecule has 0 aliphatic rings. The predicted molar refractivity (Wildman–Crippen MR) is 157 cm³/mol. The number of halogens is 1. The van der Waals surface area contributed by atoms with E-state index in [1.165, 1.54) is 15.9 Å². The lowest BCUT2D eigenvalue weighted by Gasteiger charge is -2.14. The van der Waals surface area contributed by atoms with Crippen molar-refractivity contribution in [3.05, 3.63) is 105 Å². The Kier molecular flexibility index (Phi) is 8.11. The number of carbonyl (C=O) groups excluding carboxylic acids is 2. The number of thiophene rings is 1. The molecule has 0 fully saturated rings. The molecule has 196 valence electrons. The number of thioether (sulfide) groups is 1. The van der Waals surface area contributed by atoms with Crippen LogP contribution in [0, 0.1) is 0 Å². The third kappa shape index (κ3) is 5.61. The van der Waals surface area contributed by atoms with Crippen LogP contribution in [0.2, 0.25) is 5.02 Å². The maximum Gasteiger partial charge on any atom is 0.341 e. The van der Waals surface area contributed by atoms with Gasteiger partial charge in [-0.2, -0.15) is 0 Å². The van der Waals surface area contributed by atoms with E-state index in [4.69, 9.17) is 16.3 Å². The van der Waals surface area contributed by atoms with Gasteiger partial charge in [0.15, 0.2) is 5.16 Å². The molecule has 5 aromatic rings. The minimum Gasteiger partial charge on any atom is -0.462 e. The van der Waals surface area contributed by atoms with E-state index in [9.17, 15) is 14.4 Å². The van der Waals surface area contributed by atoms with Crippen LogP contribution in [0.25, 0.3) is 27.7 Å². The molecule has 0 aliphatic carbocycles. The summed E-state index contributed by atoms with van der Waals surface area (Å²) in [7, 11) is 0. The van der Waals surface area contributed by atoms with Gasteiger partial charge in [0, 0.05) is 10.9 Å². The number of para-hydroxylation sites is 2. The molecule has 2 heterocycles. The molecule has 0 unspecified atom stereocenters. The van der Waals surface area contributed by atoms with Crippen LogP contribution in [0.5, 0.6) is 0 Å². The van der Waals surface area contributed by atoms with Crippen LogP contribution in [0.3, 0.4) is 0 Å². The van der Waals surface area contributed by atoms with Crippen molar-refractivity contribution in [3.63, 3.8) is 0 Å². The SMILES string of the molecule is CCOC(=O)c1c(-c2ccccc2)csc1NC(=O)CSc1nc2ccccc2c(=O)n1-c1ccccc1Cl. The Morgan fingerprint density at radius 1 is 1.03 bits per heavy atom. The zero-order chi connectivity index (χ0) is 27.4. The normalized spacial score (nSPS) is 10.9. The lowest BCUT2D eigenvalue weighted by molar-refractivity contribution is -0.113. The van der Waals surface area contributed by atoms with Gasteiger partial charge in [0.2, 0.25) is 5.91 Å². The number of aromatic nitrogens is 2. The highest BCUT2D eigenvalue weighted by atomic mass is 35.5. The van der Waals surface area contributed by atoms with Crippen molar-refractivity contribution < 1.29 is 14.3 Å². The number of esters is 1. The van der Waals surface area contributed by atoms with E-state index in [1.54, 1.807) is 55.5 Å². The molecule has 0 saturated heterocycles. The predicted octanol–water partition coefficient (Wildman–Crippen LogP) is 6.68. The number of nitrogens with zero attached hydrogens (tertiary/aromatic N) is 2. The fourth-order valence-corrected chi connectivity index (χ4v) is 6.03. The third-order valence-electron chi connectivity index (χ3n) is 5.78. The number of hydrogen-bond donors (Lipinski definition) is 1. The molecule has 2 aromatic heterocycles. The molecule has 39 heavy (non-hydrogen) atoms. The molecular formula is C29H22ClN3O4S2. The summed E-state index contributed by atoms with van der Waals surface area (Å²) in [5.41, 5.74) is 2.54. The summed E-state index contributed by atoms with van der Waals surface area (Å²) in [6.07, 6.45) is 0. The first-order valence-electron chi connectivity index (χ1n) is 12.0. The molecule has 0 bridgehead atoms. The van der Waals surface area contributed by atoms with Crippen LogP contribution >= 0.6 is 34.7 Å². The quantitative estimate of drug-likeness (QED) is 0.126. The van der Waals surface area contributed by atoms with Gasteiger partial charge in [-0.15, -0.1) is 11.3 Å². The largest absolute Gasteiger partial charge is 0.462 e. The number of amides is 1. The Morgan fingerprint density at radius 2 is 1.74 bits per heavy atom. The second-order valence-electron chi connectivity index (χ2n) is 8.28. The van der Waals surface area contributed by atoms with E-state index < -0.39 is 5.97 Å². The van der Waals surface area contributed by atoms with E-state index in [2.05, 4.69) is 10.3 Å². The van der Waals surface area contributed by atoms with E-state index in [0.717, 1.165) is 17.3 Å². The molecular weight excluding hydrogens is 554 g/mol. The van der Waals surface area contributed by atoms with Crippen molar-refractivity contribution in [2.45, 2.75) is 12.1 Å². The molecule has 3 aromatic carbocycles. The van der Waals surface area contributed by atoms with Crippen LogP contribution in [0.15, 0.2) is 94.2 Å². The lowest BCUT2D eigenvalue weighted by atomic mass is 10.0. The second kappa shape index (κ2) is 11.9. The van der Waals surface area contributed by atoms with Crippen molar-refractivity contribution in [3.8, 4) is 16.8 Å². The zero-order valence-electron chi connectivity index (χ0n) is 20.7. The summed E-state index contributed by atoms with van der Waals surface area (Å²) in [6, 6.07) is 23.4. The molecule has 10 heteroatoms. The molecule has 1 N–H and O–H groups in total. The van der Waals surface area contributed by atoms with Crippen LogP contribution in [-0.2, 0) is 9.53 Å².